The lowest BCUT2D eigenvalue weighted by molar-refractivity contribution is -0.139. The number of allylic oxidation sites excluding steroid dienone is 1. The molecule has 0 saturated heterocycles. The fourth-order valence-corrected chi connectivity index (χ4v) is 6.87. The topological polar surface area (TPSA) is 116 Å². The first-order valence-electron chi connectivity index (χ1n) is 15.7. The number of thiazole rings is 1. The number of carbonyl (C=O) groups excluding carboxylic acids is 1. The molecule has 0 fully saturated rings. The molecule has 0 spiro atoms. The van der Waals surface area contributed by atoms with Gasteiger partial charge in [0.15, 0.2) is 4.80 Å². The molecule has 5 aromatic rings. The molecule has 6 rings (SSSR count). The summed E-state index contributed by atoms with van der Waals surface area (Å²) in [5, 5.41) is 10.9. The molecule has 0 radical (unpaired) electrons. The number of aromatic nitrogens is 1. The molecule has 1 N–H and O–H groups in total. The molecule has 1 aliphatic rings. The maximum atomic E-state index is 14.3. The van der Waals surface area contributed by atoms with Crippen molar-refractivity contribution in [3.63, 3.8) is 0 Å². The van der Waals surface area contributed by atoms with E-state index in [0.717, 1.165) is 28.3 Å². The van der Waals surface area contributed by atoms with Gasteiger partial charge in [0.25, 0.3) is 5.56 Å². The van der Waals surface area contributed by atoms with Crippen LogP contribution in [0.1, 0.15) is 59.8 Å². The normalized spacial score (nSPS) is 14.4. The number of methoxy groups -OCH3 is 1. The molecule has 10 heteroatoms. The molecule has 48 heavy (non-hydrogen) atoms. The molecule has 0 aliphatic carbocycles. The summed E-state index contributed by atoms with van der Waals surface area (Å²) >= 11 is 1.27. The minimum Gasteiger partial charge on any atom is -0.496 e. The zero-order chi connectivity index (χ0) is 33.8. The predicted molar refractivity (Wildman–Crippen MR) is 184 cm³/mol. The molecule has 1 atom stereocenters. The van der Waals surface area contributed by atoms with E-state index in [1.54, 1.807) is 42.9 Å². The number of fused-ring (bicyclic) bond motifs is 2. The van der Waals surface area contributed by atoms with E-state index in [-0.39, 0.29) is 24.3 Å². The fourth-order valence-electron chi connectivity index (χ4n) is 5.85. The number of rotatable bonds is 11. The van der Waals surface area contributed by atoms with Crippen molar-refractivity contribution in [2.24, 2.45) is 4.99 Å². The molecule has 0 amide bonds. The number of carboxylic acid groups (broad SMARTS) is 1. The Hall–Kier alpha value is -5.48. The third-order valence-electron chi connectivity index (χ3n) is 8.10. The van der Waals surface area contributed by atoms with Crippen molar-refractivity contribution in [2.75, 3.05) is 13.7 Å². The van der Waals surface area contributed by atoms with Crippen LogP contribution in [0.4, 0.5) is 0 Å². The van der Waals surface area contributed by atoms with Crippen LogP contribution in [0.15, 0.2) is 106 Å². The second kappa shape index (κ2) is 14.1. The molecule has 4 aromatic carbocycles. The van der Waals surface area contributed by atoms with Gasteiger partial charge in [0.1, 0.15) is 24.1 Å². The Morgan fingerprint density at radius 2 is 1.73 bits per heavy atom. The molecule has 1 aliphatic heterocycles. The summed E-state index contributed by atoms with van der Waals surface area (Å²) in [6, 6.07) is 24.7. The molecule has 0 bridgehead atoms. The highest BCUT2D eigenvalue weighted by molar-refractivity contribution is 7.07. The van der Waals surface area contributed by atoms with Gasteiger partial charge >= 0.3 is 11.9 Å². The van der Waals surface area contributed by atoms with Gasteiger partial charge in [-0.15, -0.1) is 0 Å². The van der Waals surface area contributed by atoms with Gasteiger partial charge in [-0.1, -0.05) is 79.3 Å². The fraction of sp³-hybridized carbons (Fsp3) is 0.211. The average Bonchev–Trinajstić information content (AvgIpc) is 3.41. The first-order valence-corrected chi connectivity index (χ1v) is 16.5. The van der Waals surface area contributed by atoms with E-state index < -0.39 is 18.0 Å². The van der Waals surface area contributed by atoms with Crippen LogP contribution in [-0.4, -0.2) is 35.3 Å². The number of hydrogen-bond acceptors (Lipinski definition) is 8. The number of hydrogen-bond donors (Lipinski definition) is 1. The van der Waals surface area contributed by atoms with Gasteiger partial charge in [-0.05, 0) is 71.7 Å². The number of carbonyl (C=O) groups is 2. The highest BCUT2D eigenvalue weighted by Gasteiger charge is 2.37. The van der Waals surface area contributed by atoms with Crippen LogP contribution in [0.5, 0.6) is 11.5 Å². The number of carboxylic acids is 1. The minimum absolute atomic E-state index is 0.183. The lowest BCUT2D eigenvalue weighted by Gasteiger charge is -2.28. The maximum absolute atomic E-state index is 14.3. The standard InChI is InChI=1S/C38H34N2O7S/c1-4-8-29-33(37(44)46-5-2)34(32-28-10-7-6-9-25(28)17-20-30(32)45-3)40-35(41)31(48-38(40)39-29)21-23-13-18-27(19-14-23)47-22-24-11-15-26(16-12-24)36(42)43/h6-7,9-21,34H,4-5,8,22H2,1-3H3,(H,42,43)/b31-21+/t34-/m0/s1. The van der Waals surface area contributed by atoms with Crippen LogP contribution in [0.2, 0.25) is 0 Å². The molecule has 0 unspecified atom stereocenters. The summed E-state index contributed by atoms with van der Waals surface area (Å²) in [5.41, 5.74) is 3.21. The summed E-state index contributed by atoms with van der Waals surface area (Å²) in [4.78, 5) is 44.5. The number of nitrogens with zero attached hydrogens (tertiary/aromatic N) is 2. The van der Waals surface area contributed by atoms with E-state index in [2.05, 4.69) is 0 Å². The SMILES string of the molecule is CCCC1=C(C(=O)OCC)[C@H](c2c(OC)ccc3ccccc23)n2c(s/c(=C/c3ccc(OCc4ccc(C(=O)O)cc4)cc3)c2=O)=N1. The Labute approximate surface area is 280 Å². The van der Waals surface area contributed by atoms with E-state index in [1.807, 2.05) is 73.7 Å². The number of benzene rings is 4. The monoisotopic (exact) mass is 662 g/mol. The maximum Gasteiger partial charge on any atom is 0.338 e. The molecule has 9 nitrogen and oxygen atoms in total. The molecule has 1 aromatic heterocycles. The Bertz CT molecular complexity index is 2210. The van der Waals surface area contributed by atoms with Crippen LogP contribution in [0.3, 0.4) is 0 Å². The van der Waals surface area contributed by atoms with Crippen molar-refractivity contribution in [1.29, 1.82) is 0 Å². The molecule has 2 heterocycles. The lowest BCUT2D eigenvalue weighted by atomic mass is 9.90. The third kappa shape index (κ3) is 6.39. The van der Waals surface area contributed by atoms with E-state index in [0.29, 0.717) is 44.1 Å². The summed E-state index contributed by atoms with van der Waals surface area (Å²) in [6.45, 7) is 4.24. The van der Waals surface area contributed by atoms with Gasteiger partial charge in [-0.2, -0.15) is 0 Å². The zero-order valence-electron chi connectivity index (χ0n) is 26.8. The van der Waals surface area contributed by atoms with Crippen molar-refractivity contribution in [2.45, 2.75) is 39.3 Å². The predicted octanol–water partition coefficient (Wildman–Crippen LogP) is 6.02. The van der Waals surface area contributed by atoms with Crippen LogP contribution < -0.4 is 24.4 Å². The minimum atomic E-state index is -0.977. The zero-order valence-corrected chi connectivity index (χ0v) is 27.6. The summed E-state index contributed by atoms with van der Waals surface area (Å²) < 4.78 is 19.4. The average molecular weight is 663 g/mol. The van der Waals surface area contributed by atoms with Crippen LogP contribution in [0.25, 0.3) is 16.8 Å². The number of esters is 1. The third-order valence-corrected chi connectivity index (χ3v) is 9.08. The molecule has 244 valence electrons. The van der Waals surface area contributed by atoms with Gasteiger partial charge < -0.3 is 19.3 Å². The number of ether oxygens (including phenoxy) is 3. The second-order valence-corrected chi connectivity index (χ2v) is 12.2. The Balaban J connectivity index is 1.42. The van der Waals surface area contributed by atoms with E-state index >= 15 is 0 Å². The Morgan fingerprint density at radius 1 is 0.979 bits per heavy atom. The first-order chi connectivity index (χ1) is 23.3. The van der Waals surface area contributed by atoms with E-state index in [4.69, 9.17) is 24.3 Å². The molecule has 0 saturated carbocycles. The second-order valence-electron chi connectivity index (χ2n) is 11.2. The van der Waals surface area contributed by atoms with Gasteiger partial charge in [0.05, 0.1) is 35.1 Å². The summed E-state index contributed by atoms with van der Waals surface area (Å²) in [7, 11) is 1.58. The van der Waals surface area contributed by atoms with E-state index in [9.17, 15) is 14.4 Å². The first kappa shape index (κ1) is 32.5. The van der Waals surface area contributed by atoms with Crippen molar-refractivity contribution >= 4 is 40.1 Å². The van der Waals surface area contributed by atoms with Crippen molar-refractivity contribution in [1.82, 2.24) is 4.57 Å². The van der Waals surface area contributed by atoms with Crippen molar-refractivity contribution in [3.05, 3.63) is 138 Å². The van der Waals surface area contributed by atoms with Gasteiger partial charge in [-0.25, -0.2) is 14.6 Å². The van der Waals surface area contributed by atoms with Gasteiger partial charge in [0.2, 0.25) is 0 Å². The van der Waals surface area contributed by atoms with Crippen LogP contribution in [0, 0.1) is 0 Å². The highest BCUT2D eigenvalue weighted by atomic mass is 32.1. The quantitative estimate of drug-likeness (QED) is 0.172. The van der Waals surface area contributed by atoms with Gasteiger partial charge in [-0.3, -0.25) is 9.36 Å². The lowest BCUT2D eigenvalue weighted by Crippen LogP contribution is -2.40. The Kier molecular flexibility index (Phi) is 9.54. The Morgan fingerprint density at radius 3 is 2.42 bits per heavy atom. The van der Waals surface area contributed by atoms with Crippen LogP contribution >= 0.6 is 11.3 Å². The van der Waals surface area contributed by atoms with Crippen molar-refractivity contribution in [3.8, 4) is 11.5 Å². The number of aromatic carboxylic acids is 1. The van der Waals surface area contributed by atoms with Crippen LogP contribution in [-0.2, 0) is 16.1 Å². The summed E-state index contributed by atoms with van der Waals surface area (Å²) in [5.74, 6) is -0.300. The van der Waals surface area contributed by atoms with Gasteiger partial charge in [0, 0.05) is 5.56 Å². The summed E-state index contributed by atoms with van der Waals surface area (Å²) in [6.07, 6.45) is 3.09. The molecular formula is C38H34N2O7S. The smallest absolute Gasteiger partial charge is 0.338 e. The van der Waals surface area contributed by atoms with Crippen molar-refractivity contribution < 1.29 is 28.9 Å². The van der Waals surface area contributed by atoms with E-state index in [1.165, 1.54) is 11.3 Å². The largest absolute Gasteiger partial charge is 0.496 e. The molecular weight excluding hydrogens is 628 g/mol. The highest BCUT2D eigenvalue weighted by Crippen LogP contribution is 2.41.